The first kappa shape index (κ1) is 15.8. The van der Waals surface area contributed by atoms with E-state index in [4.69, 9.17) is 4.42 Å². The first-order chi connectivity index (χ1) is 10.2. The highest BCUT2D eigenvalue weighted by atomic mass is 32.2. The Morgan fingerprint density at radius 2 is 2.10 bits per heavy atom. The fourth-order valence-corrected chi connectivity index (χ4v) is 2.81. The van der Waals surface area contributed by atoms with Gasteiger partial charge in [-0.05, 0) is 19.8 Å². The van der Waals surface area contributed by atoms with E-state index in [9.17, 15) is 9.59 Å². The summed E-state index contributed by atoms with van der Waals surface area (Å²) in [5.74, 6) is 0.582. The van der Waals surface area contributed by atoms with Crippen LogP contribution in [0.15, 0.2) is 9.64 Å². The van der Waals surface area contributed by atoms with Gasteiger partial charge in [-0.15, -0.1) is 10.2 Å². The summed E-state index contributed by atoms with van der Waals surface area (Å²) in [7, 11) is 0. The van der Waals surface area contributed by atoms with E-state index in [1.54, 1.807) is 6.92 Å². The van der Waals surface area contributed by atoms with Crippen molar-refractivity contribution in [2.24, 2.45) is 0 Å². The van der Waals surface area contributed by atoms with Crippen molar-refractivity contribution in [2.45, 2.75) is 50.2 Å². The lowest BCUT2D eigenvalue weighted by molar-refractivity contribution is -0.117. The van der Waals surface area contributed by atoms with Gasteiger partial charge in [-0.3, -0.25) is 10.1 Å². The molecular weight excluding hydrogens is 294 g/mol. The van der Waals surface area contributed by atoms with E-state index in [1.165, 1.54) is 19.3 Å². The molecular formula is C13H19N3O4S. The van der Waals surface area contributed by atoms with Crippen molar-refractivity contribution in [3.8, 4) is 0 Å². The number of hydrogen-bond acceptors (Lipinski definition) is 7. The number of nitrogens with one attached hydrogen (secondary N) is 1. The van der Waals surface area contributed by atoms with E-state index in [0.29, 0.717) is 17.0 Å². The van der Waals surface area contributed by atoms with Gasteiger partial charge in [-0.2, -0.15) is 0 Å². The third-order valence-electron chi connectivity index (χ3n) is 3.22. The van der Waals surface area contributed by atoms with Crippen LogP contribution in [-0.4, -0.2) is 34.6 Å². The number of thioether (sulfide) groups is 1. The minimum atomic E-state index is -0.739. The second kappa shape index (κ2) is 8.02. The normalized spacial score (nSPS) is 15.7. The van der Waals surface area contributed by atoms with Crippen LogP contribution < -0.4 is 5.32 Å². The first-order valence-electron chi connectivity index (χ1n) is 7.12. The van der Waals surface area contributed by atoms with Gasteiger partial charge in [-0.1, -0.05) is 31.0 Å². The van der Waals surface area contributed by atoms with Crippen LogP contribution in [0.2, 0.25) is 0 Å². The number of carbonyl (C=O) groups is 2. The lowest BCUT2D eigenvalue weighted by Crippen LogP contribution is -2.32. The van der Waals surface area contributed by atoms with Crippen LogP contribution in [0.3, 0.4) is 0 Å². The molecule has 1 fully saturated rings. The number of aromatic nitrogens is 2. The van der Waals surface area contributed by atoms with Crippen molar-refractivity contribution < 1.29 is 18.7 Å². The maximum absolute atomic E-state index is 11.5. The first-order valence-corrected chi connectivity index (χ1v) is 8.10. The molecule has 0 saturated heterocycles. The Morgan fingerprint density at radius 3 is 2.81 bits per heavy atom. The zero-order valence-corrected chi connectivity index (χ0v) is 12.8. The quantitative estimate of drug-likeness (QED) is 0.834. The summed E-state index contributed by atoms with van der Waals surface area (Å²) < 4.78 is 10.2. The number of rotatable bonds is 5. The summed E-state index contributed by atoms with van der Waals surface area (Å²) in [5, 5.41) is 10.4. The molecule has 1 aliphatic rings. The van der Waals surface area contributed by atoms with Crippen molar-refractivity contribution in [1.29, 1.82) is 0 Å². The standard InChI is InChI=1S/C13H19N3O4S/c1-2-19-12(18)14-10(17)8-21-13-16-15-11(20-13)9-6-4-3-5-7-9/h9H,2-8H2,1H3,(H,14,17,18). The van der Waals surface area contributed by atoms with Crippen molar-refractivity contribution in [1.82, 2.24) is 15.5 Å². The fourth-order valence-electron chi connectivity index (χ4n) is 2.24. The summed E-state index contributed by atoms with van der Waals surface area (Å²) in [5.41, 5.74) is 0. The molecule has 0 aromatic carbocycles. The highest BCUT2D eigenvalue weighted by Gasteiger charge is 2.21. The van der Waals surface area contributed by atoms with E-state index in [0.717, 1.165) is 24.6 Å². The van der Waals surface area contributed by atoms with Crippen molar-refractivity contribution in [2.75, 3.05) is 12.4 Å². The largest absolute Gasteiger partial charge is 0.450 e. The van der Waals surface area contributed by atoms with Gasteiger partial charge in [0.05, 0.1) is 12.4 Å². The molecule has 2 amide bonds. The van der Waals surface area contributed by atoms with Crippen LogP contribution in [0.25, 0.3) is 0 Å². The Balaban J connectivity index is 1.77. The van der Waals surface area contributed by atoms with Crippen molar-refractivity contribution in [3.63, 3.8) is 0 Å². The summed E-state index contributed by atoms with van der Waals surface area (Å²) in [6.07, 6.45) is 5.07. The molecule has 0 unspecified atom stereocenters. The molecule has 8 heteroatoms. The van der Waals surface area contributed by atoms with E-state index < -0.39 is 12.0 Å². The van der Waals surface area contributed by atoms with E-state index >= 15 is 0 Å². The lowest BCUT2D eigenvalue weighted by Gasteiger charge is -2.17. The number of hydrogen-bond donors (Lipinski definition) is 1. The fraction of sp³-hybridized carbons (Fsp3) is 0.692. The zero-order chi connectivity index (χ0) is 15.1. The van der Waals surface area contributed by atoms with Crippen LogP contribution in [0, 0.1) is 0 Å². The molecule has 1 N–H and O–H groups in total. The number of imide groups is 1. The molecule has 0 spiro atoms. The van der Waals surface area contributed by atoms with E-state index in [2.05, 4.69) is 20.3 Å². The SMILES string of the molecule is CCOC(=O)NC(=O)CSc1nnc(C2CCCCC2)o1. The molecule has 2 rings (SSSR count). The molecule has 1 saturated carbocycles. The summed E-state index contributed by atoms with van der Waals surface area (Å²) in [6.45, 7) is 1.89. The van der Waals surface area contributed by atoms with E-state index in [1.807, 2.05) is 0 Å². The van der Waals surface area contributed by atoms with Gasteiger partial charge in [0.2, 0.25) is 11.8 Å². The molecule has 0 atom stereocenters. The average Bonchev–Trinajstić information content (AvgIpc) is 2.95. The molecule has 1 heterocycles. The topological polar surface area (TPSA) is 94.3 Å². The third-order valence-corrected chi connectivity index (χ3v) is 4.04. The molecule has 7 nitrogen and oxygen atoms in total. The lowest BCUT2D eigenvalue weighted by atomic mass is 9.89. The molecule has 1 aliphatic carbocycles. The van der Waals surface area contributed by atoms with Gasteiger partial charge in [0, 0.05) is 5.92 Å². The van der Waals surface area contributed by atoms with Crippen molar-refractivity contribution in [3.05, 3.63) is 5.89 Å². The number of carbonyl (C=O) groups excluding carboxylic acids is 2. The maximum atomic E-state index is 11.5. The number of ether oxygens (including phenoxy) is 1. The van der Waals surface area contributed by atoms with Gasteiger partial charge in [0.1, 0.15) is 0 Å². The Bertz CT molecular complexity index is 486. The van der Waals surface area contributed by atoms with Crippen LogP contribution in [-0.2, 0) is 9.53 Å². The maximum Gasteiger partial charge on any atom is 0.413 e. The minimum absolute atomic E-state index is 0.0329. The minimum Gasteiger partial charge on any atom is -0.450 e. The van der Waals surface area contributed by atoms with Crippen LogP contribution in [0.5, 0.6) is 0 Å². The monoisotopic (exact) mass is 313 g/mol. The van der Waals surface area contributed by atoms with Gasteiger partial charge in [-0.25, -0.2) is 4.79 Å². The van der Waals surface area contributed by atoms with E-state index in [-0.39, 0.29) is 12.4 Å². The second-order valence-corrected chi connectivity index (χ2v) is 5.73. The molecule has 0 bridgehead atoms. The molecule has 116 valence electrons. The highest BCUT2D eigenvalue weighted by molar-refractivity contribution is 7.99. The number of nitrogens with zero attached hydrogens (tertiary/aromatic N) is 2. The van der Waals surface area contributed by atoms with Crippen LogP contribution in [0.1, 0.15) is 50.8 Å². The number of amides is 2. The van der Waals surface area contributed by atoms with Crippen LogP contribution in [0.4, 0.5) is 4.79 Å². The molecule has 1 aromatic rings. The summed E-state index contributed by atoms with van der Waals surface area (Å²) >= 11 is 1.11. The van der Waals surface area contributed by atoms with Crippen molar-refractivity contribution >= 4 is 23.8 Å². The Morgan fingerprint density at radius 1 is 1.33 bits per heavy atom. The Hall–Kier alpha value is -1.57. The van der Waals surface area contributed by atoms with Crippen LogP contribution >= 0.6 is 11.8 Å². The molecule has 21 heavy (non-hydrogen) atoms. The molecule has 0 aliphatic heterocycles. The van der Waals surface area contributed by atoms with Gasteiger partial charge >= 0.3 is 6.09 Å². The molecule has 1 aromatic heterocycles. The molecule has 0 radical (unpaired) electrons. The zero-order valence-electron chi connectivity index (χ0n) is 12.0. The third kappa shape index (κ3) is 5.04. The highest BCUT2D eigenvalue weighted by Crippen LogP contribution is 2.32. The Kier molecular flexibility index (Phi) is 6.04. The summed E-state index contributed by atoms with van der Waals surface area (Å²) in [4.78, 5) is 22.5. The predicted octanol–water partition coefficient (Wildman–Crippen LogP) is 2.48. The summed E-state index contributed by atoms with van der Waals surface area (Å²) in [6, 6.07) is 0. The van der Waals surface area contributed by atoms with Gasteiger partial charge < -0.3 is 9.15 Å². The smallest absolute Gasteiger partial charge is 0.413 e. The average molecular weight is 313 g/mol. The van der Waals surface area contributed by atoms with Gasteiger partial charge in [0.25, 0.3) is 5.22 Å². The number of alkyl carbamates (subject to hydrolysis) is 1. The second-order valence-electron chi connectivity index (χ2n) is 4.80. The predicted molar refractivity (Wildman–Crippen MR) is 76.0 cm³/mol. The van der Waals surface area contributed by atoms with Gasteiger partial charge in [0.15, 0.2) is 0 Å². The Labute approximate surface area is 127 Å².